The van der Waals surface area contributed by atoms with Crippen LogP contribution in [-0.4, -0.2) is 35.2 Å². The Hall–Kier alpha value is -2.79. The number of halogens is 1. The van der Waals surface area contributed by atoms with Crippen molar-refractivity contribution in [2.45, 2.75) is 6.54 Å². The van der Waals surface area contributed by atoms with Crippen molar-refractivity contribution in [1.82, 2.24) is 15.1 Å². The van der Waals surface area contributed by atoms with Gasteiger partial charge in [-0.25, -0.2) is 0 Å². The van der Waals surface area contributed by atoms with Crippen molar-refractivity contribution >= 4 is 17.5 Å². The molecule has 2 aromatic carbocycles. The molecule has 0 aliphatic rings. The highest BCUT2D eigenvalue weighted by Crippen LogP contribution is 2.25. The molecule has 5 nitrogen and oxygen atoms in total. The number of nitrogens with zero attached hydrogens (tertiary/aromatic N) is 2. The molecule has 3 rings (SSSR count). The molecule has 1 heterocycles. The lowest BCUT2D eigenvalue weighted by atomic mass is 10.1. The molecular formula is C19H18ClN3O2. The first kappa shape index (κ1) is 17.0. The maximum absolute atomic E-state index is 12.8. The van der Waals surface area contributed by atoms with Crippen molar-refractivity contribution in [2.24, 2.45) is 0 Å². The van der Waals surface area contributed by atoms with Gasteiger partial charge < -0.3 is 9.64 Å². The van der Waals surface area contributed by atoms with Crippen molar-refractivity contribution in [2.75, 3.05) is 14.2 Å². The van der Waals surface area contributed by atoms with Crippen LogP contribution in [0.2, 0.25) is 5.02 Å². The van der Waals surface area contributed by atoms with E-state index in [2.05, 4.69) is 10.2 Å². The van der Waals surface area contributed by atoms with Crippen LogP contribution in [0, 0.1) is 0 Å². The zero-order chi connectivity index (χ0) is 17.8. The van der Waals surface area contributed by atoms with Crippen molar-refractivity contribution in [3.63, 3.8) is 0 Å². The number of rotatable bonds is 5. The predicted octanol–water partition coefficient (Wildman–Crippen LogP) is 4.01. The highest BCUT2D eigenvalue weighted by molar-refractivity contribution is 6.30. The fraction of sp³-hybridized carbons (Fsp3) is 0.158. The number of aromatic amines is 1. The van der Waals surface area contributed by atoms with E-state index in [9.17, 15) is 4.79 Å². The third-order valence-electron chi connectivity index (χ3n) is 3.90. The van der Waals surface area contributed by atoms with Gasteiger partial charge >= 0.3 is 0 Å². The van der Waals surface area contributed by atoms with E-state index in [4.69, 9.17) is 16.3 Å². The van der Waals surface area contributed by atoms with Crippen LogP contribution in [0.15, 0.2) is 54.7 Å². The van der Waals surface area contributed by atoms with E-state index >= 15 is 0 Å². The molecule has 0 unspecified atom stereocenters. The minimum Gasteiger partial charge on any atom is -0.497 e. The molecule has 1 amide bonds. The summed E-state index contributed by atoms with van der Waals surface area (Å²) in [4.78, 5) is 14.5. The molecule has 128 valence electrons. The first-order chi connectivity index (χ1) is 12.1. The normalized spacial score (nSPS) is 10.5. The van der Waals surface area contributed by atoms with E-state index in [1.165, 1.54) is 0 Å². The van der Waals surface area contributed by atoms with Gasteiger partial charge in [0.2, 0.25) is 0 Å². The van der Waals surface area contributed by atoms with Gasteiger partial charge in [-0.1, -0.05) is 23.7 Å². The van der Waals surface area contributed by atoms with Crippen molar-refractivity contribution in [3.05, 3.63) is 70.9 Å². The summed E-state index contributed by atoms with van der Waals surface area (Å²) in [7, 11) is 3.37. The molecule has 0 saturated heterocycles. The molecule has 1 aromatic heterocycles. The zero-order valence-corrected chi connectivity index (χ0v) is 14.7. The number of methoxy groups -OCH3 is 1. The third kappa shape index (κ3) is 3.83. The highest BCUT2D eigenvalue weighted by Gasteiger charge is 2.19. The fourth-order valence-electron chi connectivity index (χ4n) is 2.61. The molecular weight excluding hydrogens is 338 g/mol. The average molecular weight is 356 g/mol. The maximum Gasteiger partial charge on any atom is 0.257 e. The molecule has 1 N–H and O–H groups in total. The summed E-state index contributed by atoms with van der Waals surface area (Å²) in [5.74, 6) is 0.647. The molecule has 0 saturated carbocycles. The minimum absolute atomic E-state index is 0.112. The van der Waals surface area contributed by atoms with E-state index in [0.29, 0.717) is 22.8 Å². The van der Waals surface area contributed by atoms with Gasteiger partial charge in [0.1, 0.15) is 5.75 Å². The number of hydrogen-bond acceptors (Lipinski definition) is 3. The van der Waals surface area contributed by atoms with Crippen LogP contribution in [0.5, 0.6) is 5.75 Å². The highest BCUT2D eigenvalue weighted by atomic mass is 35.5. The Morgan fingerprint density at radius 2 is 2.00 bits per heavy atom. The SMILES string of the molecule is COc1ccc(-c2[nH]ncc2C(=O)N(C)Cc2cccc(Cl)c2)cc1. The van der Waals surface area contributed by atoms with Gasteiger partial charge in [0, 0.05) is 24.2 Å². The van der Waals surface area contributed by atoms with E-state index in [-0.39, 0.29) is 5.91 Å². The van der Waals surface area contributed by atoms with Crippen LogP contribution < -0.4 is 4.74 Å². The van der Waals surface area contributed by atoms with Crippen molar-refractivity contribution < 1.29 is 9.53 Å². The first-order valence-electron chi connectivity index (χ1n) is 7.76. The number of amides is 1. The molecule has 0 fully saturated rings. The maximum atomic E-state index is 12.8. The molecule has 3 aromatic rings. The van der Waals surface area contributed by atoms with Gasteiger partial charge in [0.25, 0.3) is 5.91 Å². The Labute approximate surface area is 151 Å². The van der Waals surface area contributed by atoms with Gasteiger partial charge in [0.05, 0.1) is 24.6 Å². The van der Waals surface area contributed by atoms with Gasteiger partial charge in [-0.15, -0.1) is 0 Å². The van der Waals surface area contributed by atoms with Crippen LogP contribution in [0.3, 0.4) is 0 Å². The average Bonchev–Trinajstić information content (AvgIpc) is 3.10. The van der Waals surface area contributed by atoms with Gasteiger partial charge in [-0.2, -0.15) is 5.10 Å². The number of hydrogen-bond donors (Lipinski definition) is 1. The summed E-state index contributed by atoms with van der Waals surface area (Å²) in [6.07, 6.45) is 1.55. The number of carbonyl (C=O) groups is 1. The number of carbonyl (C=O) groups excluding carboxylic acids is 1. The van der Waals surface area contributed by atoms with Gasteiger partial charge in [-0.3, -0.25) is 9.89 Å². The van der Waals surface area contributed by atoms with E-state index in [0.717, 1.165) is 16.9 Å². The molecule has 0 spiro atoms. The summed E-state index contributed by atoms with van der Waals surface area (Å²) in [6.45, 7) is 0.465. The molecule has 0 aliphatic heterocycles. The van der Waals surface area contributed by atoms with Crippen LogP contribution in [-0.2, 0) is 6.54 Å². The lowest BCUT2D eigenvalue weighted by molar-refractivity contribution is 0.0786. The van der Waals surface area contributed by atoms with E-state index in [1.54, 1.807) is 25.3 Å². The molecule has 0 atom stereocenters. The fourth-order valence-corrected chi connectivity index (χ4v) is 2.83. The second-order valence-corrected chi connectivity index (χ2v) is 6.11. The van der Waals surface area contributed by atoms with Crippen LogP contribution in [0.1, 0.15) is 15.9 Å². The van der Waals surface area contributed by atoms with Crippen LogP contribution >= 0.6 is 11.6 Å². The number of benzene rings is 2. The quantitative estimate of drug-likeness (QED) is 0.752. The van der Waals surface area contributed by atoms with E-state index < -0.39 is 0 Å². The van der Waals surface area contributed by atoms with Crippen molar-refractivity contribution in [3.8, 4) is 17.0 Å². The molecule has 6 heteroatoms. The molecule has 0 radical (unpaired) electrons. The largest absolute Gasteiger partial charge is 0.497 e. The Morgan fingerprint density at radius 3 is 2.68 bits per heavy atom. The summed E-state index contributed by atoms with van der Waals surface area (Å²) in [5.41, 5.74) is 3.05. The van der Waals surface area contributed by atoms with Gasteiger partial charge in [-0.05, 0) is 42.0 Å². The lowest BCUT2D eigenvalue weighted by Crippen LogP contribution is -2.26. The first-order valence-corrected chi connectivity index (χ1v) is 8.14. The van der Waals surface area contributed by atoms with E-state index in [1.807, 2.05) is 48.5 Å². The number of aromatic nitrogens is 2. The number of nitrogens with one attached hydrogen (secondary N) is 1. The zero-order valence-electron chi connectivity index (χ0n) is 14.0. The summed E-state index contributed by atoms with van der Waals surface area (Å²) >= 11 is 6.01. The topological polar surface area (TPSA) is 58.2 Å². The van der Waals surface area contributed by atoms with Crippen LogP contribution in [0.4, 0.5) is 0 Å². The van der Waals surface area contributed by atoms with Crippen molar-refractivity contribution in [1.29, 1.82) is 0 Å². The Morgan fingerprint density at radius 1 is 1.24 bits per heavy atom. The summed E-state index contributed by atoms with van der Waals surface area (Å²) in [6, 6.07) is 14.9. The molecule has 25 heavy (non-hydrogen) atoms. The predicted molar refractivity (Wildman–Crippen MR) is 97.8 cm³/mol. The summed E-state index contributed by atoms with van der Waals surface area (Å²) < 4.78 is 5.17. The second-order valence-electron chi connectivity index (χ2n) is 5.68. The Bertz CT molecular complexity index is 874. The monoisotopic (exact) mass is 355 g/mol. The Kier molecular flexibility index (Phi) is 5.05. The third-order valence-corrected chi connectivity index (χ3v) is 4.14. The minimum atomic E-state index is -0.112. The molecule has 0 bridgehead atoms. The summed E-state index contributed by atoms with van der Waals surface area (Å²) in [5, 5.41) is 7.60. The van der Waals surface area contributed by atoms with Gasteiger partial charge in [0.15, 0.2) is 0 Å². The standard InChI is InChI=1S/C19H18ClN3O2/c1-23(12-13-4-3-5-15(20)10-13)19(24)17-11-21-22-18(17)14-6-8-16(25-2)9-7-14/h3-11H,12H2,1-2H3,(H,21,22). The lowest BCUT2D eigenvalue weighted by Gasteiger charge is -2.17. The molecule has 0 aliphatic carbocycles. The Balaban J connectivity index is 1.81. The smallest absolute Gasteiger partial charge is 0.257 e. The van der Waals surface area contributed by atoms with Crippen LogP contribution in [0.25, 0.3) is 11.3 Å². The number of ether oxygens (including phenoxy) is 1. The second kappa shape index (κ2) is 7.40. The number of H-pyrrole nitrogens is 1.